The molecule has 0 aromatic rings. The maximum Gasteiger partial charge on any atom is 0.380 e. The molecule has 1 rings (SSSR count). The van der Waals surface area contributed by atoms with Gasteiger partial charge >= 0.3 is 16.5 Å². The van der Waals surface area contributed by atoms with Gasteiger partial charge in [-0.25, -0.2) is 4.79 Å². The van der Waals surface area contributed by atoms with Gasteiger partial charge in [-0.2, -0.15) is 18.5 Å². The first-order valence-corrected chi connectivity index (χ1v) is 3.73. The molecule has 0 atom stereocenters. The number of hydrogen-bond donors (Lipinski definition) is 0. The van der Waals surface area contributed by atoms with E-state index in [4.69, 9.17) is 0 Å². The fourth-order valence-corrected chi connectivity index (χ4v) is 0.772. The molecule has 11 heavy (non-hydrogen) atoms. The minimum atomic E-state index is -2.71. The van der Waals surface area contributed by atoms with Crippen molar-refractivity contribution in [1.29, 1.82) is 0 Å². The summed E-state index contributed by atoms with van der Waals surface area (Å²) in [7, 11) is -2.71. The van der Waals surface area contributed by atoms with Crippen molar-refractivity contribution in [1.82, 2.24) is 5.01 Å². The average Bonchev–Trinajstić information content (AvgIpc) is 2.35. The zero-order valence-electron chi connectivity index (χ0n) is 5.34. The highest BCUT2D eigenvalue weighted by Crippen LogP contribution is 2.01. The van der Waals surface area contributed by atoms with Crippen molar-refractivity contribution in [2.24, 2.45) is 14.7 Å². The van der Waals surface area contributed by atoms with Gasteiger partial charge in [0.1, 0.15) is 0 Å². The Morgan fingerprint density at radius 1 is 1.55 bits per heavy atom. The fourth-order valence-electron chi connectivity index (χ4n) is 0.550. The third-order valence-electron chi connectivity index (χ3n) is 0.956. The Kier molecular flexibility index (Phi) is 2.26. The smallest absolute Gasteiger partial charge is 0.243 e. The summed E-state index contributed by atoms with van der Waals surface area (Å²) in [5.41, 5.74) is 0. The molecule has 2 amide bonds. The molecule has 0 saturated heterocycles. The van der Waals surface area contributed by atoms with Gasteiger partial charge < -0.3 is 0 Å². The summed E-state index contributed by atoms with van der Waals surface area (Å²) >= 11 is 0. The molecule has 0 fully saturated rings. The molecule has 0 spiro atoms. The summed E-state index contributed by atoms with van der Waals surface area (Å²) in [5, 5.41) is 7.68. The number of carbonyl (C=O) groups excluding carboxylic acids is 1. The number of nitrogens with zero attached hydrogens (tertiary/aromatic N) is 4. The Labute approximate surface area is 63.4 Å². The highest BCUT2D eigenvalue weighted by molar-refractivity contribution is 7.62. The minimum Gasteiger partial charge on any atom is -0.243 e. The van der Waals surface area contributed by atoms with Crippen LogP contribution in [0.5, 0.6) is 0 Å². The van der Waals surface area contributed by atoms with Crippen LogP contribution in [-0.2, 0) is 10.5 Å². The van der Waals surface area contributed by atoms with E-state index in [1.165, 1.54) is 0 Å². The Morgan fingerprint density at radius 2 is 2.27 bits per heavy atom. The van der Waals surface area contributed by atoms with E-state index in [2.05, 4.69) is 14.7 Å². The quantitative estimate of drug-likeness (QED) is 0.513. The van der Waals surface area contributed by atoms with Crippen LogP contribution in [0.25, 0.3) is 0 Å². The van der Waals surface area contributed by atoms with Crippen LogP contribution in [0.1, 0.15) is 0 Å². The molecule has 0 aliphatic carbocycles. The summed E-state index contributed by atoms with van der Waals surface area (Å²) in [6.45, 7) is 0.687. The molecular formula is C3H4N4O3S. The normalized spacial score (nSPS) is 15.1. The van der Waals surface area contributed by atoms with E-state index >= 15 is 0 Å². The summed E-state index contributed by atoms with van der Waals surface area (Å²) < 4.78 is 22.5. The van der Waals surface area contributed by atoms with Gasteiger partial charge in [-0.3, -0.25) is 0 Å². The molecule has 1 aliphatic rings. The molecular weight excluding hydrogens is 172 g/mol. The van der Waals surface area contributed by atoms with E-state index in [-0.39, 0.29) is 0 Å². The number of hydrogen-bond acceptors (Lipinski definition) is 5. The maximum atomic E-state index is 10.7. The van der Waals surface area contributed by atoms with Crippen molar-refractivity contribution in [2.75, 3.05) is 13.1 Å². The second kappa shape index (κ2) is 3.19. The van der Waals surface area contributed by atoms with Gasteiger partial charge in [-0.05, 0) is 0 Å². The molecule has 0 aromatic heterocycles. The largest absolute Gasteiger partial charge is 0.380 e. The summed E-state index contributed by atoms with van der Waals surface area (Å²) in [6.07, 6.45) is 0. The fraction of sp³-hybridized carbons (Fsp3) is 0.667. The lowest BCUT2D eigenvalue weighted by atomic mass is 10.6. The van der Waals surface area contributed by atoms with Gasteiger partial charge in [-0.1, -0.05) is 9.59 Å². The maximum absolute atomic E-state index is 10.7. The number of urea groups is 1. The molecule has 0 unspecified atom stereocenters. The second-order valence-electron chi connectivity index (χ2n) is 1.67. The molecule has 1 aliphatic heterocycles. The van der Waals surface area contributed by atoms with Crippen molar-refractivity contribution in [3.05, 3.63) is 0 Å². The lowest BCUT2D eigenvalue weighted by Crippen LogP contribution is -2.20. The average molecular weight is 176 g/mol. The van der Waals surface area contributed by atoms with Crippen LogP contribution in [0.4, 0.5) is 4.79 Å². The highest BCUT2D eigenvalue weighted by atomic mass is 32.2. The zero-order valence-corrected chi connectivity index (χ0v) is 6.15. The van der Waals surface area contributed by atoms with Crippen LogP contribution in [0.2, 0.25) is 0 Å². The molecule has 8 heteroatoms. The van der Waals surface area contributed by atoms with E-state index in [1.807, 2.05) is 0 Å². The van der Waals surface area contributed by atoms with E-state index in [0.29, 0.717) is 13.1 Å². The van der Waals surface area contributed by atoms with E-state index < -0.39 is 16.5 Å². The van der Waals surface area contributed by atoms with Gasteiger partial charge in [0.15, 0.2) is 0 Å². The summed E-state index contributed by atoms with van der Waals surface area (Å²) in [5.74, 6) is 0. The van der Waals surface area contributed by atoms with Crippen LogP contribution in [0.3, 0.4) is 0 Å². The first-order chi connectivity index (χ1) is 5.20. The lowest BCUT2D eigenvalue weighted by molar-refractivity contribution is 0.216. The van der Waals surface area contributed by atoms with E-state index in [0.717, 1.165) is 5.01 Å². The molecule has 0 radical (unpaired) electrons. The molecule has 0 saturated carbocycles. The van der Waals surface area contributed by atoms with Crippen molar-refractivity contribution >= 4 is 16.5 Å². The monoisotopic (exact) mass is 176 g/mol. The third kappa shape index (κ3) is 2.08. The number of carbonyl (C=O) groups is 1. The molecule has 0 N–H and O–H groups in total. The van der Waals surface area contributed by atoms with Crippen LogP contribution in [-0.4, -0.2) is 32.5 Å². The second-order valence-corrected chi connectivity index (χ2v) is 2.29. The molecule has 1 heterocycles. The first-order valence-electron chi connectivity index (χ1n) is 2.70. The SMILES string of the molecule is O=C(N=S(=O)=O)N1CCN=N1. The third-order valence-corrected chi connectivity index (χ3v) is 1.26. The number of amides is 2. The van der Waals surface area contributed by atoms with Crippen LogP contribution in [0, 0.1) is 0 Å². The molecule has 0 bridgehead atoms. The molecule has 7 nitrogen and oxygen atoms in total. The van der Waals surface area contributed by atoms with Gasteiger partial charge in [0.25, 0.3) is 0 Å². The van der Waals surface area contributed by atoms with Crippen LogP contribution < -0.4 is 0 Å². The van der Waals surface area contributed by atoms with E-state index in [1.54, 1.807) is 0 Å². The van der Waals surface area contributed by atoms with Crippen LogP contribution in [0.15, 0.2) is 14.7 Å². The van der Waals surface area contributed by atoms with Gasteiger partial charge in [-0.15, -0.1) is 0 Å². The van der Waals surface area contributed by atoms with Crippen molar-refractivity contribution in [3.8, 4) is 0 Å². The predicted molar refractivity (Wildman–Crippen MR) is 33.2 cm³/mol. The Balaban J connectivity index is 2.69. The molecule has 60 valence electrons. The Bertz CT molecular complexity index is 309. The Hall–Kier alpha value is -1.31. The predicted octanol–water partition coefficient (Wildman–Crippen LogP) is -0.148. The topological polar surface area (TPSA) is 91.5 Å². The Morgan fingerprint density at radius 3 is 2.73 bits per heavy atom. The lowest BCUT2D eigenvalue weighted by Gasteiger charge is -2.01. The van der Waals surface area contributed by atoms with Gasteiger partial charge in [0, 0.05) is 0 Å². The standard InChI is InChI=1S/C3H4N4O3S/c8-3(5-11(9)10)7-2-1-4-6-7/h1-2H2. The minimum absolute atomic E-state index is 0.291. The summed E-state index contributed by atoms with van der Waals surface area (Å²) in [4.78, 5) is 10.7. The van der Waals surface area contributed by atoms with E-state index in [9.17, 15) is 13.2 Å². The van der Waals surface area contributed by atoms with Gasteiger partial charge in [0.2, 0.25) is 0 Å². The summed E-state index contributed by atoms with van der Waals surface area (Å²) in [6, 6.07) is -0.903. The first kappa shape index (κ1) is 7.79. The molecule has 0 aromatic carbocycles. The zero-order chi connectivity index (χ0) is 8.27. The van der Waals surface area contributed by atoms with Crippen LogP contribution >= 0.6 is 0 Å². The van der Waals surface area contributed by atoms with Crippen molar-refractivity contribution in [3.63, 3.8) is 0 Å². The van der Waals surface area contributed by atoms with Crippen molar-refractivity contribution in [2.45, 2.75) is 0 Å². The van der Waals surface area contributed by atoms with Crippen molar-refractivity contribution < 1.29 is 13.2 Å². The number of rotatable bonds is 0. The van der Waals surface area contributed by atoms with Gasteiger partial charge in [0.05, 0.1) is 13.1 Å². The highest BCUT2D eigenvalue weighted by Gasteiger charge is 2.15.